The molecule has 3 aliphatic rings. The maximum Gasteiger partial charge on any atom is 0.330 e. The second-order valence-electron chi connectivity index (χ2n) is 8.47. The van der Waals surface area contributed by atoms with Crippen LogP contribution in [0.1, 0.15) is 22.6 Å². The molecule has 1 fully saturated rings. The molecule has 180 valence electrons. The number of fused-ring (bicyclic) bond motifs is 3. The first-order valence-electron chi connectivity index (χ1n) is 10.9. The number of aliphatic hydroxyl groups is 1. The highest BCUT2D eigenvalue weighted by Gasteiger charge is 2.48. The third kappa shape index (κ3) is 3.59. The quantitative estimate of drug-likeness (QED) is 0.466. The summed E-state index contributed by atoms with van der Waals surface area (Å²) < 4.78 is 33.0. The van der Waals surface area contributed by atoms with Crippen molar-refractivity contribution in [3.8, 4) is 28.7 Å². The zero-order chi connectivity index (χ0) is 24.0. The highest BCUT2D eigenvalue weighted by molar-refractivity contribution is 5.81. The Morgan fingerprint density at radius 2 is 1.79 bits per heavy atom. The van der Waals surface area contributed by atoms with Crippen LogP contribution in [0.15, 0.2) is 24.3 Å². The van der Waals surface area contributed by atoms with Crippen LogP contribution in [-0.2, 0) is 20.7 Å². The molecule has 0 radical (unpaired) electrons. The number of benzene rings is 2. The lowest BCUT2D eigenvalue weighted by Gasteiger charge is -2.34. The molecule has 10 heteroatoms. The fraction of sp³-hybridized carbons (Fsp3) is 0.417. The summed E-state index contributed by atoms with van der Waals surface area (Å²) >= 11 is 0. The molecule has 5 rings (SSSR count). The summed E-state index contributed by atoms with van der Waals surface area (Å²) in [5, 5.41) is 9.17. The molecule has 1 aliphatic carbocycles. The fourth-order valence-corrected chi connectivity index (χ4v) is 4.94. The second-order valence-corrected chi connectivity index (χ2v) is 8.47. The number of methoxy groups -OCH3 is 2. The minimum atomic E-state index is -1.21. The van der Waals surface area contributed by atoms with Crippen LogP contribution < -0.4 is 29.4 Å². The van der Waals surface area contributed by atoms with Crippen molar-refractivity contribution in [3.63, 3.8) is 0 Å². The summed E-state index contributed by atoms with van der Waals surface area (Å²) in [4.78, 5) is 25.0. The summed E-state index contributed by atoms with van der Waals surface area (Å²) in [6, 6.07) is 6.09. The van der Waals surface area contributed by atoms with Crippen molar-refractivity contribution in [3.05, 3.63) is 41.0 Å². The van der Waals surface area contributed by atoms with Crippen LogP contribution in [-0.4, -0.2) is 57.3 Å². The lowest BCUT2D eigenvalue weighted by molar-refractivity contribution is -0.141. The smallest absolute Gasteiger partial charge is 0.330 e. The summed E-state index contributed by atoms with van der Waals surface area (Å²) in [6.07, 6.45) is 0.682. The van der Waals surface area contributed by atoms with E-state index in [4.69, 9.17) is 34.2 Å². The topological polar surface area (TPSA) is 136 Å². The molecule has 0 saturated carbocycles. The van der Waals surface area contributed by atoms with E-state index in [1.165, 1.54) is 14.2 Å². The minimum absolute atomic E-state index is 0.00224. The van der Waals surface area contributed by atoms with E-state index in [1.807, 2.05) is 12.1 Å². The highest BCUT2D eigenvalue weighted by atomic mass is 16.7. The van der Waals surface area contributed by atoms with Crippen molar-refractivity contribution in [2.45, 2.75) is 18.4 Å². The van der Waals surface area contributed by atoms with E-state index in [0.717, 1.165) is 16.7 Å². The molecule has 2 aromatic carbocycles. The van der Waals surface area contributed by atoms with Gasteiger partial charge >= 0.3 is 11.9 Å². The van der Waals surface area contributed by atoms with Gasteiger partial charge in [0.05, 0.1) is 33.4 Å². The summed E-state index contributed by atoms with van der Waals surface area (Å²) in [5.74, 6) is -0.0777. The molecule has 0 aromatic heterocycles. The molecule has 2 aliphatic heterocycles. The van der Waals surface area contributed by atoms with Gasteiger partial charge in [-0.3, -0.25) is 4.79 Å². The molecule has 10 nitrogen and oxygen atoms in total. The number of cyclic esters (lactones) is 1. The standard InChI is InChI=1S/C24H25NO9/c1-29-18-5-12(6-19(30-2)22(18)34-23(27)15(25)8-26)20-14-7-17-16(32-10-33-17)4-11(14)3-13-9-31-24(28)21(13)20/h4-7,13,15,20-21,26H,3,8-10,25H2,1-2H3/t13-,15?,20+,21-/m0/s1. The molecular weight excluding hydrogens is 446 g/mol. The minimum Gasteiger partial charge on any atom is -0.493 e. The van der Waals surface area contributed by atoms with E-state index in [2.05, 4.69) is 0 Å². The normalized spacial score (nSPS) is 22.9. The van der Waals surface area contributed by atoms with Crippen molar-refractivity contribution in [2.24, 2.45) is 17.6 Å². The zero-order valence-electron chi connectivity index (χ0n) is 18.7. The van der Waals surface area contributed by atoms with Crippen LogP contribution in [0.5, 0.6) is 28.7 Å². The Morgan fingerprint density at radius 1 is 1.12 bits per heavy atom. The Labute approximate surface area is 195 Å². The van der Waals surface area contributed by atoms with Crippen molar-refractivity contribution in [1.82, 2.24) is 0 Å². The molecule has 0 spiro atoms. The van der Waals surface area contributed by atoms with Gasteiger partial charge in [0.2, 0.25) is 12.5 Å². The van der Waals surface area contributed by atoms with Gasteiger partial charge in [0.25, 0.3) is 0 Å². The van der Waals surface area contributed by atoms with Crippen molar-refractivity contribution in [2.75, 3.05) is 34.2 Å². The van der Waals surface area contributed by atoms with Gasteiger partial charge in [-0.15, -0.1) is 0 Å². The zero-order valence-corrected chi connectivity index (χ0v) is 18.7. The number of hydrogen-bond donors (Lipinski definition) is 2. The first kappa shape index (κ1) is 22.3. The lowest BCUT2D eigenvalue weighted by Crippen LogP contribution is -2.37. The molecule has 2 aromatic rings. The van der Waals surface area contributed by atoms with Gasteiger partial charge in [-0.2, -0.15) is 0 Å². The van der Waals surface area contributed by atoms with Crippen molar-refractivity contribution < 1.29 is 43.1 Å². The Balaban J connectivity index is 1.63. The van der Waals surface area contributed by atoms with Gasteiger partial charge in [0, 0.05) is 11.8 Å². The number of esters is 2. The number of ether oxygens (including phenoxy) is 6. The summed E-state index contributed by atoms with van der Waals surface area (Å²) in [6.45, 7) is -0.0753. The number of nitrogens with two attached hydrogens (primary N) is 1. The van der Waals surface area contributed by atoms with E-state index in [1.54, 1.807) is 12.1 Å². The lowest BCUT2D eigenvalue weighted by atomic mass is 9.67. The Morgan fingerprint density at radius 3 is 2.44 bits per heavy atom. The van der Waals surface area contributed by atoms with Crippen LogP contribution in [0, 0.1) is 11.8 Å². The number of carbonyl (C=O) groups is 2. The second kappa shape index (κ2) is 8.69. The van der Waals surface area contributed by atoms with E-state index >= 15 is 0 Å². The van der Waals surface area contributed by atoms with Crippen molar-refractivity contribution >= 4 is 11.9 Å². The van der Waals surface area contributed by atoms with E-state index in [0.29, 0.717) is 24.5 Å². The van der Waals surface area contributed by atoms with Crippen LogP contribution in [0.2, 0.25) is 0 Å². The molecule has 3 N–H and O–H groups in total. The maximum absolute atomic E-state index is 12.8. The predicted octanol–water partition coefficient (Wildman–Crippen LogP) is 1.13. The van der Waals surface area contributed by atoms with Gasteiger partial charge in [-0.05, 0) is 47.4 Å². The van der Waals surface area contributed by atoms with Crippen LogP contribution >= 0.6 is 0 Å². The van der Waals surface area contributed by atoms with Gasteiger partial charge in [0.15, 0.2) is 23.0 Å². The number of aliphatic hydroxyl groups excluding tert-OH is 1. The fourth-order valence-electron chi connectivity index (χ4n) is 4.94. The molecule has 34 heavy (non-hydrogen) atoms. The number of carbonyl (C=O) groups excluding carboxylic acids is 2. The van der Waals surface area contributed by atoms with Gasteiger partial charge in [-0.1, -0.05) is 0 Å². The first-order valence-corrected chi connectivity index (χ1v) is 10.9. The highest BCUT2D eigenvalue weighted by Crippen LogP contribution is 2.52. The predicted molar refractivity (Wildman–Crippen MR) is 116 cm³/mol. The SMILES string of the molecule is COc1cc([C@@H]2c3cc4c(cc3C[C@H]3COC(=O)[C@@H]32)OCO4)cc(OC)c1OC(=O)C(N)CO. The largest absolute Gasteiger partial charge is 0.493 e. The van der Waals surface area contributed by atoms with Gasteiger partial charge in [-0.25, -0.2) is 4.79 Å². The Bertz CT molecular complexity index is 1120. The van der Waals surface area contributed by atoms with Gasteiger partial charge in [0.1, 0.15) is 6.04 Å². The van der Waals surface area contributed by atoms with E-state index < -0.39 is 24.5 Å². The van der Waals surface area contributed by atoms with Gasteiger partial charge < -0.3 is 39.3 Å². The molecule has 1 saturated heterocycles. The average Bonchev–Trinajstić information content (AvgIpc) is 3.46. The van der Waals surface area contributed by atoms with Crippen LogP contribution in [0.4, 0.5) is 0 Å². The Hall–Kier alpha value is -3.50. The third-order valence-corrected chi connectivity index (χ3v) is 6.57. The third-order valence-electron chi connectivity index (χ3n) is 6.57. The molecule has 0 amide bonds. The van der Waals surface area contributed by atoms with E-state index in [-0.39, 0.29) is 41.8 Å². The number of hydrogen-bond acceptors (Lipinski definition) is 10. The molecular formula is C24H25NO9. The molecule has 4 atom stereocenters. The molecule has 2 heterocycles. The van der Waals surface area contributed by atoms with Crippen LogP contribution in [0.25, 0.3) is 0 Å². The van der Waals surface area contributed by atoms with Crippen LogP contribution in [0.3, 0.4) is 0 Å². The van der Waals surface area contributed by atoms with Crippen molar-refractivity contribution in [1.29, 1.82) is 0 Å². The Kier molecular flexibility index (Phi) is 5.70. The molecule has 1 unspecified atom stereocenters. The number of rotatable bonds is 6. The first-order chi connectivity index (χ1) is 16.4. The summed E-state index contributed by atoms with van der Waals surface area (Å²) in [5.41, 5.74) is 8.30. The molecule has 0 bridgehead atoms. The summed E-state index contributed by atoms with van der Waals surface area (Å²) in [7, 11) is 2.86. The monoisotopic (exact) mass is 471 g/mol. The maximum atomic E-state index is 12.8. The average molecular weight is 471 g/mol. The van der Waals surface area contributed by atoms with E-state index in [9.17, 15) is 14.7 Å².